The number of aryl methyl sites for hydroxylation is 1. The molecule has 25 heavy (non-hydrogen) atoms. The lowest BCUT2D eigenvalue weighted by Crippen LogP contribution is -2.31. The van der Waals surface area contributed by atoms with Gasteiger partial charge in [0.1, 0.15) is 0 Å². The standard InChI is InChI=1S/C22H23NO2/c1-25-21(19-10-3-2-4-11-19)22(24)23-15-7-8-17-13-14-18-9-5-6-12-20(18)16-17/h2-6,9-14,16,21H,7-8,15H2,1H3,(H,23,24)/t21-/m0/s1. The quantitative estimate of drug-likeness (QED) is 0.656. The number of methoxy groups -OCH3 is 1. The molecule has 0 saturated heterocycles. The van der Waals surface area contributed by atoms with Gasteiger partial charge in [0.15, 0.2) is 6.10 Å². The van der Waals surface area contributed by atoms with Crippen molar-refractivity contribution >= 4 is 16.7 Å². The second-order valence-corrected chi connectivity index (χ2v) is 6.10. The van der Waals surface area contributed by atoms with E-state index < -0.39 is 6.10 Å². The third kappa shape index (κ3) is 4.46. The van der Waals surface area contributed by atoms with Crippen LogP contribution in [0.25, 0.3) is 10.8 Å². The molecule has 0 bridgehead atoms. The number of amides is 1. The summed E-state index contributed by atoms with van der Waals surface area (Å²) in [5.41, 5.74) is 2.16. The number of carbonyl (C=O) groups is 1. The van der Waals surface area contributed by atoms with E-state index in [0.29, 0.717) is 6.54 Å². The Morgan fingerprint density at radius 3 is 2.44 bits per heavy atom. The summed E-state index contributed by atoms with van der Waals surface area (Å²) in [6.07, 6.45) is 1.28. The minimum Gasteiger partial charge on any atom is -0.367 e. The molecular weight excluding hydrogens is 310 g/mol. The molecule has 0 heterocycles. The summed E-state index contributed by atoms with van der Waals surface area (Å²) in [6.45, 7) is 0.637. The first-order chi connectivity index (χ1) is 12.3. The van der Waals surface area contributed by atoms with Gasteiger partial charge in [-0.2, -0.15) is 0 Å². The summed E-state index contributed by atoms with van der Waals surface area (Å²) in [5.74, 6) is -0.0905. The highest BCUT2D eigenvalue weighted by Gasteiger charge is 2.18. The molecule has 0 aliphatic carbocycles. The van der Waals surface area contributed by atoms with E-state index >= 15 is 0 Å². The molecule has 0 radical (unpaired) electrons. The predicted molar refractivity (Wildman–Crippen MR) is 101 cm³/mol. The van der Waals surface area contributed by atoms with Crippen LogP contribution in [-0.4, -0.2) is 19.6 Å². The van der Waals surface area contributed by atoms with Crippen molar-refractivity contribution < 1.29 is 9.53 Å². The zero-order chi connectivity index (χ0) is 17.5. The summed E-state index contributed by atoms with van der Waals surface area (Å²) >= 11 is 0. The molecule has 3 heteroatoms. The summed E-state index contributed by atoms with van der Waals surface area (Å²) in [7, 11) is 1.56. The number of rotatable bonds is 7. The predicted octanol–water partition coefficient (Wildman–Crippen LogP) is 4.28. The van der Waals surface area contributed by atoms with Gasteiger partial charge in [-0.25, -0.2) is 0 Å². The first-order valence-electron chi connectivity index (χ1n) is 8.61. The van der Waals surface area contributed by atoms with Gasteiger partial charge in [-0.3, -0.25) is 4.79 Å². The lowest BCUT2D eigenvalue weighted by molar-refractivity contribution is -0.131. The molecule has 1 amide bonds. The number of hydrogen-bond acceptors (Lipinski definition) is 2. The number of benzene rings is 3. The third-order valence-corrected chi connectivity index (χ3v) is 4.33. The van der Waals surface area contributed by atoms with Gasteiger partial charge in [0, 0.05) is 13.7 Å². The van der Waals surface area contributed by atoms with Crippen molar-refractivity contribution in [2.75, 3.05) is 13.7 Å². The van der Waals surface area contributed by atoms with Crippen molar-refractivity contribution in [3.8, 4) is 0 Å². The van der Waals surface area contributed by atoms with Crippen LogP contribution in [0.1, 0.15) is 23.7 Å². The first kappa shape index (κ1) is 17.2. The maximum absolute atomic E-state index is 12.3. The highest BCUT2D eigenvalue weighted by molar-refractivity contribution is 5.83. The fourth-order valence-corrected chi connectivity index (χ4v) is 3.01. The molecule has 0 spiro atoms. The summed E-state index contributed by atoms with van der Waals surface area (Å²) in [5, 5.41) is 5.49. The zero-order valence-electron chi connectivity index (χ0n) is 14.4. The van der Waals surface area contributed by atoms with Crippen molar-refractivity contribution in [2.45, 2.75) is 18.9 Å². The molecule has 0 aromatic heterocycles. The van der Waals surface area contributed by atoms with Crippen LogP contribution < -0.4 is 5.32 Å². The van der Waals surface area contributed by atoms with Crippen LogP contribution in [0.2, 0.25) is 0 Å². The molecule has 0 fully saturated rings. The minimum atomic E-state index is -0.554. The topological polar surface area (TPSA) is 38.3 Å². The van der Waals surface area contributed by atoms with Crippen molar-refractivity contribution in [1.29, 1.82) is 0 Å². The van der Waals surface area contributed by atoms with Crippen molar-refractivity contribution in [3.05, 3.63) is 83.9 Å². The van der Waals surface area contributed by atoms with E-state index in [4.69, 9.17) is 4.74 Å². The van der Waals surface area contributed by atoms with E-state index in [0.717, 1.165) is 18.4 Å². The zero-order valence-corrected chi connectivity index (χ0v) is 14.4. The molecule has 128 valence electrons. The number of fused-ring (bicyclic) bond motifs is 1. The van der Waals surface area contributed by atoms with Gasteiger partial charge < -0.3 is 10.1 Å². The van der Waals surface area contributed by atoms with Crippen molar-refractivity contribution in [2.24, 2.45) is 0 Å². The lowest BCUT2D eigenvalue weighted by Gasteiger charge is -2.15. The van der Waals surface area contributed by atoms with Gasteiger partial charge in [0.25, 0.3) is 5.91 Å². The van der Waals surface area contributed by atoms with Crippen LogP contribution in [0.3, 0.4) is 0 Å². The van der Waals surface area contributed by atoms with E-state index in [9.17, 15) is 4.79 Å². The van der Waals surface area contributed by atoms with Crippen LogP contribution >= 0.6 is 0 Å². The highest BCUT2D eigenvalue weighted by Crippen LogP contribution is 2.17. The number of ether oxygens (including phenoxy) is 1. The van der Waals surface area contributed by atoms with Crippen molar-refractivity contribution in [3.63, 3.8) is 0 Å². The van der Waals surface area contributed by atoms with Gasteiger partial charge in [0.2, 0.25) is 0 Å². The van der Waals surface area contributed by atoms with Gasteiger partial charge in [-0.05, 0) is 34.7 Å². The Balaban J connectivity index is 1.51. The Kier molecular flexibility index (Phi) is 5.81. The van der Waals surface area contributed by atoms with Gasteiger partial charge in [-0.1, -0.05) is 72.8 Å². The Hall–Kier alpha value is -2.65. The monoisotopic (exact) mass is 333 g/mol. The summed E-state index contributed by atoms with van der Waals surface area (Å²) in [6, 6.07) is 24.4. The third-order valence-electron chi connectivity index (χ3n) is 4.33. The van der Waals surface area contributed by atoms with Gasteiger partial charge in [0.05, 0.1) is 0 Å². The van der Waals surface area contributed by atoms with Gasteiger partial charge >= 0.3 is 0 Å². The van der Waals surface area contributed by atoms with Crippen LogP contribution in [0.15, 0.2) is 72.8 Å². The fraction of sp³-hybridized carbons (Fsp3) is 0.227. The van der Waals surface area contributed by atoms with E-state index in [-0.39, 0.29) is 5.91 Å². The SMILES string of the molecule is CO[C@H](C(=O)NCCCc1ccc2ccccc2c1)c1ccccc1. The van der Waals surface area contributed by atoms with Crippen LogP contribution in [-0.2, 0) is 16.0 Å². The second-order valence-electron chi connectivity index (χ2n) is 6.10. The average Bonchev–Trinajstić information content (AvgIpc) is 2.66. The number of hydrogen-bond donors (Lipinski definition) is 1. The number of carbonyl (C=O) groups excluding carboxylic acids is 1. The molecule has 0 aliphatic heterocycles. The first-order valence-corrected chi connectivity index (χ1v) is 8.61. The number of nitrogens with one attached hydrogen (secondary N) is 1. The van der Waals surface area contributed by atoms with E-state index in [1.807, 2.05) is 30.3 Å². The maximum atomic E-state index is 12.3. The van der Waals surface area contributed by atoms with Crippen LogP contribution in [0.5, 0.6) is 0 Å². The molecule has 3 aromatic rings. The molecule has 1 atom stereocenters. The Morgan fingerprint density at radius 2 is 1.68 bits per heavy atom. The Morgan fingerprint density at radius 1 is 0.960 bits per heavy atom. The Bertz CT molecular complexity index is 830. The minimum absolute atomic E-state index is 0.0905. The molecular formula is C22H23NO2. The van der Waals surface area contributed by atoms with E-state index in [2.05, 4.69) is 47.8 Å². The van der Waals surface area contributed by atoms with E-state index in [1.54, 1.807) is 7.11 Å². The maximum Gasteiger partial charge on any atom is 0.253 e. The lowest BCUT2D eigenvalue weighted by atomic mass is 10.0. The molecule has 3 rings (SSSR count). The molecule has 0 aliphatic rings. The molecule has 0 saturated carbocycles. The molecule has 3 aromatic carbocycles. The van der Waals surface area contributed by atoms with Crippen LogP contribution in [0.4, 0.5) is 0 Å². The van der Waals surface area contributed by atoms with E-state index in [1.165, 1.54) is 16.3 Å². The summed E-state index contributed by atoms with van der Waals surface area (Å²) < 4.78 is 5.35. The van der Waals surface area contributed by atoms with Gasteiger partial charge in [-0.15, -0.1) is 0 Å². The Labute approximate surface area is 148 Å². The molecule has 1 N–H and O–H groups in total. The average molecular weight is 333 g/mol. The molecule has 0 unspecified atom stereocenters. The fourth-order valence-electron chi connectivity index (χ4n) is 3.01. The molecule has 3 nitrogen and oxygen atoms in total. The highest BCUT2D eigenvalue weighted by atomic mass is 16.5. The summed E-state index contributed by atoms with van der Waals surface area (Å²) in [4.78, 5) is 12.3. The largest absolute Gasteiger partial charge is 0.367 e. The second kappa shape index (κ2) is 8.45. The smallest absolute Gasteiger partial charge is 0.253 e. The normalized spacial score (nSPS) is 12.0. The van der Waals surface area contributed by atoms with Crippen molar-refractivity contribution in [1.82, 2.24) is 5.32 Å². The van der Waals surface area contributed by atoms with Crippen LogP contribution in [0, 0.1) is 0 Å².